The van der Waals surface area contributed by atoms with Crippen molar-refractivity contribution >= 4 is 5.97 Å². The lowest BCUT2D eigenvalue weighted by Gasteiger charge is -2.23. The van der Waals surface area contributed by atoms with Crippen LogP contribution in [0.25, 0.3) is 0 Å². The maximum absolute atomic E-state index is 11.1. The summed E-state index contributed by atoms with van der Waals surface area (Å²) in [6, 6.07) is 10.3. The van der Waals surface area contributed by atoms with Gasteiger partial charge in [-0.1, -0.05) is 20.8 Å². The topological polar surface area (TPSA) is 74.2 Å². The summed E-state index contributed by atoms with van der Waals surface area (Å²) in [6.45, 7) is 9.22. The average molecular weight is 388 g/mol. The van der Waals surface area contributed by atoms with E-state index in [0.29, 0.717) is 31.3 Å². The van der Waals surface area contributed by atoms with Gasteiger partial charge < -0.3 is 24.1 Å². The third kappa shape index (κ3) is 5.55. The smallest absolute Gasteiger partial charge is 0.335 e. The Morgan fingerprint density at radius 1 is 0.929 bits per heavy atom. The number of aromatic carboxylic acids is 1. The maximum Gasteiger partial charge on any atom is 0.335 e. The molecule has 0 saturated carbocycles. The Hall–Kier alpha value is -2.89. The number of carbonyl (C=O) groups is 1. The van der Waals surface area contributed by atoms with Crippen molar-refractivity contribution < 1.29 is 28.8 Å². The van der Waals surface area contributed by atoms with Gasteiger partial charge in [0, 0.05) is 5.56 Å². The number of carboxylic acids is 1. The summed E-state index contributed by atoms with van der Waals surface area (Å²) >= 11 is 0. The lowest BCUT2D eigenvalue weighted by atomic mass is 9.86. The van der Waals surface area contributed by atoms with E-state index in [9.17, 15) is 4.79 Å². The first-order chi connectivity index (χ1) is 13.3. The minimum atomic E-state index is -1.01. The number of hydrogen-bond donors (Lipinski definition) is 1. The molecule has 0 radical (unpaired) electrons. The van der Waals surface area contributed by atoms with E-state index in [2.05, 4.69) is 20.8 Å². The predicted molar refractivity (Wildman–Crippen MR) is 107 cm³/mol. The van der Waals surface area contributed by atoms with Crippen molar-refractivity contribution in [1.82, 2.24) is 0 Å². The van der Waals surface area contributed by atoms with Gasteiger partial charge in [0.05, 0.1) is 19.3 Å². The first-order valence-corrected chi connectivity index (χ1v) is 9.20. The normalized spacial score (nSPS) is 11.0. The zero-order valence-electron chi connectivity index (χ0n) is 17.1. The molecule has 0 atom stereocenters. The molecule has 0 aliphatic heterocycles. The van der Waals surface area contributed by atoms with Crippen molar-refractivity contribution in [1.29, 1.82) is 0 Å². The second kappa shape index (κ2) is 9.35. The highest BCUT2D eigenvalue weighted by Gasteiger charge is 2.20. The lowest BCUT2D eigenvalue weighted by molar-refractivity contribution is 0.0696. The van der Waals surface area contributed by atoms with Crippen molar-refractivity contribution in [2.24, 2.45) is 0 Å². The molecule has 0 heterocycles. The van der Waals surface area contributed by atoms with E-state index in [1.54, 1.807) is 13.2 Å². The van der Waals surface area contributed by atoms with Gasteiger partial charge in [0.25, 0.3) is 0 Å². The number of methoxy groups -OCH3 is 1. The van der Waals surface area contributed by atoms with E-state index in [-0.39, 0.29) is 11.0 Å². The highest BCUT2D eigenvalue weighted by molar-refractivity contribution is 5.88. The highest BCUT2D eigenvalue weighted by atomic mass is 16.5. The summed E-state index contributed by atoms with van der Waals surface area (Å²) in [7, 11) is 1.64. The molecule has 2 aromatic carbocycles. The minimum Gasteiger partial charge on any atom is -0.497 e. The Morgan fingerprint density at radius 2 is 1.57 bits per heavy atom. The van der Waals surface area contributed by atoms with Crippen LogP contribution in [0.5, 0.6) is 23.0 Å². The SMILES string of the molecule is CCOc1cc(C(=O)O)ccc1OCCOc1ccc(OC)cc1C(C)(C)C. The number of benzene rings is 2. The molecular weight excluding hydrogens is 360 g/mol. The fraction of sp³-hybridized carbons (Fsp3) is 0.409. The van der Waals surface area contributed by atoms with Gasteiger partial charge in [-0.2, -0.15) is 0 Å². The van der Waals surface area contributed by atoms with E-state index in [1.165, 1.54) is 12.1 Å². The molecule has 0 aromatic heterocycles. The van der Waals surface area contributed by atoms with Gasteiger partial charge in [-0.05, 0) is 48.7 Å². The van der Waals surface area contributed by atoms with Gasteiger partial charge >= 0.3 is 5.97 Å². The maximum atomic E-state index is 11.1. The fourth-order valence-corrected chi connectivity index (χ4v) is 2.68. The van der Waals surface area contributed by atoms with Crippen LogP contribution >= 0.6 is 0 Å². The van der Waals surface area contributed by atoms with E-state index in [0.717, 1.165) is 17.1 Å². The average Bonchev–Trinajstić information content (AvgIpc) is 2.65. The van der Waals surface area contributed by atoms with Crippen LogP contribution in [0.4, 0.5) is 0 Å². The molecule has 0 bridgehead atoms. The van der Waals surface area contributed by atoms with Gasteiger partial charge in [-0.15, -0.1) is 0 Å². The van der Waals surface area contributed by atoms with Crippen molar-refractivity contribution in [3.8, 4) is 23.0 Å². The Kier molecular flexibility index (Phi) is 7.15. The summed E-state index contributed by atoms with van der Waals surface area (Å²) in [5.74, 6) is 1.45. The fourth-order valence-electron chi connectivity index (χ4n) is 2.68. The standard InChI is InChI=1S/C22H28O6/c1-6-26-20-13-15(21(23)24)7-9-19(20)28-12-11-27-18-10-8-16(25-5)14-17(18)22(2,3)4/h7-10,13-14H,6,11-12H2,1-5H3,(H,23,24). The van der Waals surface area contributed by atoms with Crippen LogP contribution in [-0.2, 0) is 5.41 Å². The molecular formula is C22H28O6. The molecule has 0 fully saturated rings. The number of rotatable bonds is 9. The van der Waals surface area contributed by atoms with Crippen molar-refractivity contribution in [3.63, 3.8) is 0 Å². The second-order valence-electron chi connectivity index (χ2n) is 7.21. The molecule has 0 unspecified atom stereocenters. The van der Waals surface area contributed by atoms with Crippen LogP contribution in [0.15, 0.2) is 36.4 Å². The zero-order valence-corrected chi connectivity index (χ0v) is 17.1. The predicted octanol–water partition coefficient (Wildman–Crippen LogP) is 4.55. The monoisotopic (exact) mass is 388 g/mol. The largest absolute Gasteiger partial charge is 0.497 e. The van der Waals surface area contributed by atoms with Crippen LogP contribution in [0.3, 0.4) is 0 Å². The molecule has 6 heteroatoms. The van der Waals surface area contributed by atoms with Gasteiger partial charge in [0.15, 0.2) is 11.5 Å². The van der Waals surface area contributed by atoms with Crippen LogP contribution in [0.2, 0.25) is 0 Å². The minimum absolute atomic E-state index is 0.0977. The van der Waals surface area contributed by atoms with Gasteiger partial charge in [0.2, 0.25) is 0 Å². The molecule has 152 valence electrons. The van der Waals surface area contributed by atoms with Crippen LogP contribution < -0.4 is 18.9 Å². The lowest BCUT2D eigenvalue weighted by Crippen LogP contribution is -2.16. The summed E-state index contributed by atoms with van der Waals surface area (Å²) in [6.07, 6.45) is 0. The summed E-state index contributed by atoms with van der Waals surface area (Å²) < 4.78 is 22.5. The van der Waals surface area contributed by atoms with Crippen molar-refractivity contribution in [2.45, 2.75) is 33.1 Å². The van der Waals surface area contributed by atoms with E-state index in [4.69, 9.17) is 24.1 Å². The summed E-state index contributed by atoms with van der Waals surface area (Å²) in [5, 5.41) is 9.11. The van der Waals surface area contributed by atoms with Gasteiger partial charge in [-0.3, -0.25) is 0 Å². The second-order valence-corrected chi connectivity index (χ2v) is 7.21. The van der Waals surface area contributed by atoms with Crippen LogP contribution in [0.1, 0.15) is 43.6 Å². The number of carboxylic acid groups (broad SMARTS) is 1. The Balaban J connectivity index is 2.04. The third-order valence-electron chi connectivity index (χ3n) is 4.08. The van der Waals surface area contributed by atoms with Gasteiger partial charge in [-0.25, -0.2) is 4.79 Å². The molecule has 6 nitrogen and oxygen atoms in total. The zero-order chi connectivity index (χ0) is 20.7. The molecule has 1 N–H and O–H groups in total. The Morgan fingerprint density at radius 3 is 2.14 bits per heavy atom. The van der Waals surface area contributed by atoms with Gasteiger partial charge in [0.1, 0.15) is 24.7 Å². The molecule has 28 heavy (non-hydrogen) atoms. The highest BCUT2D eigenvalue weighted by Crippen LogP contribution is 2.34. The van der Waals surface area contributed by atoms with Crippen molar-refractivity contribution in [3.05, 3.63) is 47.5 Å². The molecule has 0 spiro atoms. The third-order valence-corrected chi connectivity index (χ3v) is 4.08. The quantitative estimate of drug-likeness (QED) is 0.636. The van der Waals surface area contributed by atoms with Crippen LogP contribution in [0, 0.1) is 0 Å². The summed E-state index contributed by atoms with van der Waals surface area (Å²) in [5.41, 5.74) is 1.10. The first kappa shape index (κ1) is 21.4. The summed E-state index contributed by atoms with van der Waals surface area (Å²) in [4.78, 5) is 11.1. The molecule has 0 aliphatic rings. The molecule has 2 aromatic rings. The van der Waals surface area contributed by atoms with E-state index in [1.807, 2.05) is 25.1 Å². The molecule has 2 rings (SSSR count). The van der Waals surface area contributed by atoms with E-state index < -0.39 is 5.97 Å². The first-order valence-electron chi connectivity index (χ1n) is 9.20. The Bertz CT molecular complexity index is 807. The Labute approximate surface area is 166 Å². The number of ether oxygens (including phenoxy) is 4. The number of hydrogen-bond acceptors (Lipinski definition) is 5. The molecule has 0 saturated heterocycles. The molecule has 0 amide bonds. The molecule has 0 aliphatic carbocycles. The van der Waals surface area contributed by atoms with Crippen LogP contribution in [-0.4, -0.2) is 38.0 Å². The van der Waals surface area contributed by atoms with Crippen molar-refractivity contribution in [2.75, 3.05) is 26.9 Å². The van der Waals surface area contributed by atoms with E-state index >= 15 is 0 Å².